The summed E-state index contributed by atoms with van der Waals surface area (Å²) < 4.78 is 46.0. The lowest BCUT2D eigenvalue weighted by Gasteiger charge is -2.08. The van der Waals surface area contributed by atoms with Crippen molar-refractivity contribution in [3.05, 3.63) is 80.9 Å². The van der Waals surface area contributed by atoms with Crippen molar-refractivity contribution in [3.63, 3.8) is 0 Å². The fourth-order valence-corrected chi connectivity index (χ4v) is 2.69. The van der Waals surface area contributed by atoms with E-state index < -0.39 is 28.8 Å². The third-order valence-corrected chi connectivity index (χ3v) is 3.91. The van der Waals surface area contributed by atoms with Crippen LogP contribution in [0.1, 0.15) is 28.4 Å². The maximum Gasteiger partial charge on any atom is 0.343 e. The monoisotopic (exact) mass is 361 g/mol. The van der Waals surface area contributed by atoms with Gasteiger partial charge in [0.2, 0.25) is 5.43 Å². The molecule has 0 spiro atoms. The molecule has 3 rings (SSSR count). The first-order valence-corrected chi connectivity index (χ1v) is 7.85. The molecule has 1 heterocycles. The molecule has 0 saturated heterocycles. The zero-order valence-electron chi connectivity index (χ0n) is 13.7. The summed E-state index contributed by atoms with van der Waals surface area (Å²) in [6.07, 6.45) is 1.06. The van der Waals surface area contributed by atoms with Crippen LogP contribution in [0.4, 0.5) is 13.2 Å². The number of rotatable bonds is 4. The Hall–Kier alpha value is -3.09. The lowest BCUT2D eigenvalue weighted by Crippen LogP contribution is -2.18. The van der Waals surface area contributed by atoms with Crippen LogP contribution >= 0.6 is 0 Å². The summed E-state index contributed by atoms with van der Waals surface area (Å²) in [5.74, 6) is -3.01. The maximum absolute atomic E-state index is 14.3. The summed E-state index contributed by atoms with van der Waals surface area (Å²) in [6, 6.07) is 5.62. The maximum atomic E-state index is 14.3. The first-order valence-electron chi connectivity index (χ1n) is 7.85. The Bertz CT molecular complexity index is 1060. The Morgan fingerprint density at radius 2 is 1.88 bits per heavy atom. The minimum Gasteiger partial charge on any atom is -0.462 e. The number of fused-ring (bicyclic) bond motifs is 1. The Labute approximate surface area is 146 Å². The van der Waals surface area contributed by atoms with Crippen LogP contribution in [-0.2, 0) is 11.2 Å². The Morgan fingerprint density at radius 3 is 2.58 bits per heavy atom. The summed E-state index contributed by atoms with van der Waals surface area (Å²) in [6.45, 7) is 1.69. The van der Waals surface area contributed by atoms with Gasteiger partial charge in [-0.25, -0.2) is 18.0 Å². The molecule has 0 aliphatic rings. The molecule has 0 saturated carbocycles. The molecule has 0 fully saturated rings. The summed E-state index contributed by atoms with van der Waals surface area (Å²) in [5, 5.41) is -0.0481. The molecule has 0 amide bonds. The Balaban J connectivity index is 2.09. The van der Waals surface area contributed by atoms with E-state index in [0.29, 0.717) is 5.56 Å². The second-order valence-corrected chi connectivity index (χ2v) is 5.66. The third kappa shape index (κ3) is 3.33. The van der Waals surface area contributed by atoms with E-state index in [-0.39, 0.29) is 35.1 Å². The van der Waals surface area contributed by atoms with Crippen LogP contribution in [-0.4, -0.2) is 17.6 Å². The molecule has 0 bridgehead atoms. The highest BCUT2D eigenvalue weighted by atomic mass is 19.1. The number of aromatic amines is 1. The average molecular weight is 361 g/mol. The summed E-state index contributed by atoms with van der Waals surface area (Å²) >= 11 is 0. The van der Waals surface area contributed by atoms with Crippen molar-refractivity contribution in [1.82, 2.24) is 4.98 Å². The average Bonchev–Trinajstić information content (AvgIpc) is 2.58. The first-order chi connectivity index (χ1) is 12.4. The quantitative estimate of drug-likeness (QED) is 0.721. The smallest absolute Gasteiger partial charge is 0.343 e. The van der Waals surface area contributed by atoms with Gasteiger partial charge in [0.05, 0.1) is 12.1 Å². The van der Waals surface area contributed by atoms with Crippen LogP contribution in [0.5, 0.6) is 0 Å². The zero-order valence-corrected chi connectivity index (χ0v) is 13.7. The van der Waals surface area contributed by atoms with Crippen molar-refractivity contribution >= 4 is 16.9 Å². The minimum atomic E-state index is -0.814. The fourth-order valence-electron chi connectivity index (χ4n) is 2.69. The van der Waals surface area contributed by atoms with Crippen molar-refractivity contribution in [3.8, 4) is 0 Å². The number of hydrogen-bond acceptors (Lipinski definition) is 3. The molecular formula is C19H14F3NO3. The molecule has 0 unspecified atom stereocenters. The highest BCUT2D eigenvalue weighted by Crippen LogP contribution is 2.20. The first kappa shape index (κ1) is 17.7. The SMILES string of the molecule is CCOC(=O)c1c[nH]c2c(F)cc(Cc3ccc(F)cc3F)cc2c1=O. The number of nitrogens with one attached hydrogen (secondary N) is 1. The van der Waals surface area contributed by atoms with Crippen molar-refractivity contribution in [1.29, 1.82) is 0 Å². The highest BCUT2D eigenvalue weighted by molar-refractivity contribution is 5.93. The molecule has 1 aromatic heterocycles. The number of benzene rings is 2. The molecule has 4 nitrogen and oxygen atoms in total. The largest absolute Gasteiger partial charge is 0.462 e. The molecule has 0 aliphatic heterocycles. The highest BCUT2D eigenvalue weighted by Gasteiger charge is 2.17. The Kier molecular flexibility index (Phi) is 4.79. The molecule has 0 radical (unpaired) electrons. The van der Waals surface area contributed by atoms with Gasteiger partial charge in [-0.3, -0.25) is 4.79 Å². The number of aromatic nitrogens is 1. The topological polar surface area (TPSA) is 59.2 Å². The van der Waals surface area contributed by atoms with Gasteiger partial charge in [0.15, 0.2) is 0 Å². The minimum absolute atomic E-state index is 0.0396. The zero-order chi connectivity index (χ0) is 18.8. The van der Waals surface area contributed by atoms with Gasteiger partial charge in [-0.1, -0.05) is 6.07 Å². The predicted molar refractivity (Wildman–Crippen MR) is 89.6 cm³/mol. The second-order valence-electron chi connectivity index (χ2n) is 5.66. The van der Waals surface area contributed by atoms with Crippen LogP contribution in [0.15, 0.2) is 41.3 Å². The van der Waals surface area contributed by atoms with Crippen LogP contribution < -0.4 is 5.43 Å². The number of esters is 1. The van der Waals surface area contributed by atoms with Crippen LogP contribution in [0.2, 0.25) is 0 Å². The molecule has 0 aliphatic carbocycles. The lowest BCUT2D eigenvalue weighted by molar-refractivity contribution is 0.0524. The van der Waals surface area contributed by atoms with Crippen LogP contribution in [0, 0.1) is 17.5 Å². The molecular weight excluding hydrogens is 347 g/mol. The number of pyridine rings is 1. The summed E-state index contributed by atoms with van der Waals surface area (Å²) in [4.78, 5) is 26.9. The normalized spacial score (nSPS) is 10.9. The Morgan fingerprint density at radius 1 is 1.12 bits per heavy atom. The molecule has 0 atom stereocenters. The van der Waals surface area contributed by atoms with E-state index in [1.165, 1.54) is 12.1 Å². The van der Waals surface area contributed by atoms with Crippen molar-refractivity contribution in [2.24, 2.45) is 0 Å². The van der Waals surface area contributed by atoms with Gasteiger partial charge in [0.25, 0.3) is 0 Å². The van der Waals surface area contributed by atoms with E-state index >= 15 is 0 Å². The molecule has 7 heteroatoms. The van der Waals surface area contributed by atoms with E-state index in [4.69, 9.17) is 4.74 Å². The van der Waals surface area contributed by atoms with E-state index in [2.05, 4.69) is 4.98 Å². The molecule has 3 aromatic rings. The van der Waals surface area contributed by atoms with Crippen molar-refractivity contribution < 1.29 is 22.7 Å². The van der Waals surface area contributed by atoms with Gasteiger partial charge in [-0.05, 0) is 36.2 Å². The van der Waals surface area contributed by atoms with E-state index in [9.17, 15) is 22.8 Å². The molecule has 134 valence electrons. The number of ether oxygens (including phenoxy) is 1. The van der Waals surface area contributed by atoms with Crippen LogP contribution in [0.25, 0.3) is 10.9 Å². The number of H-pyrrole nitrogens is 1. The summed E-state index contributed by atoms with van der Waals surface area (Å²) in [7, 11) is 0. The standard InChI is InChI=1S/C19H14F3NO3/c1-2-26-19(25)14-9-23-17-13(18(14)24)6-10(7-16(17)22)5-11-3-4-12(20)8-15(11)21/h3-4,6-9H,2,5H2,1H3,(H,23,24). The number of halogens is 3. The second kappa shape index (κ2) is 7.03. The number of hydrogen-bond donors (Lipinski definition) is 1. The molecule has 26 heavy (non-hydrogen) atoms. The lowest BCUT2D eigenvalue weighted by atomic mass is 10.0. The van der Waals surface area contributed by atoms with Gasteiger partial charge in [0.1, 0.15) is 23.0 Å². The predicted octanol–water partition coefficient (Wildman–Crippen LogP) is 3.71. The van der Waals surface area contributed by atoms with E-state index in [1.807, 2.05) is 0 Å². The van der Waals surface area contributed by atoms with Gasteiger partial charge in [-0.15, -0.1) is 0 Å². The van der Waals surface area contributed by atoms with Gasteiger partial charge in [-0.2, -0.15) is 0 Å². The fraction of sp³-hybridized carbons (Fsp3) is 0.158. The van der Waals surface area contributed by atoms with E-state index in [0.717, 1.165) is 24.4 Å². The molecule has 1 N–H and O–H groups in total. The third-order valence-electron chi connectivity index (χ3n) is 3.91. The van der Waals surface area contributed by atoms with Crippen LogP contribution in [0.3, 0.4) is 0 Å². The summed E-state index contributed by atoms with van der Waals surface area (Å²) in [5.41, 5.74) is -0.525. The molecule has 2 aromatic carbocycles. The van der Waals surface area contributed by atoms with Gasteiger partial charge in [0, 0.05) is 24.1 Å². The number of carbonyl (C=O) groups excluding carboxylic acids is 1. The van der Waals surface area contributed by atoms with Crippen molar-refractivity contribution in [2.45, 2.75) is 13.3 Å². The van der Waals surface area contributed by atoms with Gasteiger partial charge >= 0.3 is 5.97 Å². The van der Waals surface area contributed by atoms with Crippen molar-refractivity contribution in [2.75, 3.05) is 6.61 Å². The number of carbonyl (C=O) groups is 1. The van der Waals surface area contributed by atoms with Gasteiger partial charge < -0.3 is 9.72 Å². The van der Waals surface area contributed by atoms with E-state index in [1.54, 1.807) is 6.92 Å².